The number of furan rings is 1. The second kappa shape index (κ2) is 7.54. The summed E-state index contributed by atoms with van der Waals surface area (Å²) < 4.78 is 31.2. The van der Waals surface area contributed by atoms with Crippen LogP contribution in [0.25, 0.3) is 22.6 Å². The number of hydrogen-bond acceptors (Lipinski definition) is 3. The quantitative estimate of drug-likeness (QED) is 0.635. The zero-order chi connectivity index (χ0) is 19.7. The third-order valence-electron chi connectivity index (χ3n) is 5.00. The van der Waals surface area contributed by atoms with Crippen LogP contribution in [0.15, 0.2) is 47.1 Å². The van der Waals surface area contributed by atoms with Gasteiger partial charge in [-0.3, -0.25) is 4.79 Å². The Morgan fingerprint density at radius 1 is 1.25 bits per heavy atom. The van der Waals surface area contributed by atoms with Crippen molar-refractivity contribution in [3.63, 3.8) is 0 Å². The number of aromatic nitrogens is 1. The lowest BCUT2D eigenvalue weighted by atomic mass is 9.86. The fourth-order valence-electron chi connectivity index (χ4n) is 3.75. The number of pyridine rings is 1. The smallest absolute Gasteiger partial charge is 0.255 e. The predicted molar refractivity (Wildman–Crippen MR) is 104 cm³/mol. The van der Waals surface area contributed by atoms with Crippen LogP contribution >= 0.6 is 0 Å². The van der Waals surface area contributed by atoms with Crippen molar-refractivity contribution in [2.45, 2.75) is 25.7 Å². The van der Waals surface area contributed by atoms with Crippen LogP contribution in [0.5, 0.6) is 0 Å². The molecule has 4 rings (SSSR count). The molecule has 0 N–H and O–H groups in total. The first-order chi connectivity index (χ1) is 13.5. The summed E-state index contributed by atoms with van der Waals surface area (Å²) in [5.41, 5.74) is 3.74. The summed E-state index contributed by atoms with van der Waals surface area (Å²) in [5.74, 6) is 0.329. The molecule has 0 atom stereocenters. The molecule has 6 heteroatoms. The highest BCUT2D eigenvalue weighted by molar-refractivity contribution is 6.09. The highest BCUT2D eigenvalue weighted by atomic mass is 19.3. The molecular weight excluding hydrogens is 362 g/mol. The van der Waals surface area contributed by atoms with Crippen molar-refractivity contribution < 1.29 is 18.0 Å². The Morgan fingerprint density at radius 2 is 2.07 bits per heavy atom. The number of para-hydroxylation sites is 1. The summed E-state index contributed by atoms with van der Waals surface area (Å²) >= 11 is 0. The van der Waals surface area contributed by atoms with Gasteiger partial charge in [0, 0.05) is 12.4 Å². The number of carbonyl (C=O) groups excluding carboxylic acids is 1. The van der Waals surface area contributed by atoms with Crippen molar-refractivity contribution in [2.75, 3.05) is 13.6 Å². The van der Waals surface area contributed by atoms with E-state index in [0.29, 0.717) is 22.9 Å². The topological polar surface area (TPSA) is 46.3 Å². The van der Waals surface area contributed by atoms with Gasteiger partial charge < -0.3 is 9.32 Å². The highest BCUT2D eigenvalue weighted by Gasteiger charge is 2.27. The van der Waals surface area contributed by atoms with E-state index in [0.717, 1.165) is 40.3 Å². The van der Waals surface area contributed by atoms with Gasteiger partial charge in [0.05, 0.1) is 29.6 Å². The molecule has 28 heavy (non-hydrogen) atoms. The molecule has 4 nitrogen and oxygen atoms in total. The number of halogens is 2. The minimum absolute atomic E-state index is 0.394. The zero-order valence-electron chi connectivity index (χ0n) is 15.5. The molecule has 2 heterocycles. The van der Waals surface area contributed by atoms with Gasteiger partial charge in [-0.2, -0.15) is 0 Å². The van der Waals surface area contributed by atoms with E-state index in [1.165, 1.54) is 7.05 Å². The normalized spacial score (nSPS) is 15.2. The maximum Gasteiger partial charge on any atom is 0.255 e. The van der Waals surface area contributed by atoms with Crippen LogP contribution in [-0.4, -0.2) is 35.8 Å². The van der Waals surface area contributed by atoms with Crippen LogP contribution in [-0.2, 0) is 6.42 Å². The third kappa shape index (κ3) is 3.42. The second-order valence-electron chi connectivity index (χ2n) is 6.95. The van der Waals surface area contributed by atoms with Crippen molar-refractivity contribution >= 4 is 28.5 Å². The number of hydrogen-bond donors (Lipinski definition) is 0. The maximum absolute atomic E-state index is 13.1. The van der Waals surface area contributed by atoms with Gasteiger partial charge in [0.25, 0.3) is 12.3 Å². The average Bonchev–Trinajstić information content (AvgIpc) is 3.18. The molecule has 0 saturated heterocycles. The van der Waals surface area contributed by atoms with Gasteiger partial charge in [-0.1, -0.05) is 18.2 Å². The molecule has 3 aromatic rings. The molecule has 1 aromatic carbocycles. The Balaban J connectivity index is 1.91. The highest BCUT2D eigenvalue weighted by Crippen LogP contribution is 2.36. The monoisotopic (exact) mass is 382 g/mol. The summed E-state index contributed by atoms with van der Waals surface area (Å²) in [4.78, 5) is 19.0. The summed E-state index contributed by atoms with van der Waals surface area (Å²) in [6.45, 7) is -0.598. The molecule has 0 aliphatic heterocycles. The van der Waals surface area contributed by atoms with Gasteiger partial charge in [-0.25, -0.2) is 13.8 Å². The Hall–Kier alpha value is -3.02. The summed E-state index contributed by atoms with van der Waals surface area (Å²) in [7, 11) is 1.42. The fourth-order valence-corrected chi connectivity index (χ4v) is 3.75. The molecule has 0 bridgehead atoms. The van der Waals surface area contributed by atoms with E-state index in [1.807, 2.05) is 42.5 Å². The van der Waals surface area contributed by atoms with Crippen molar-refractivity contribution in [2.24, 2.45) is 0 Å². The first-order valence-corrected chi connectivity index (χ1v) is 9.24. The van der Waals surface area contributed by atoms with Gasteiger partial charge in [-0.05, 0) is 54.7 Å². The van der Waals surface area contributed by atoms with E-state index in [2.05, 4.69) is 0 Å². The van der Waals surface area contributed by atoms with Crippen molar-refractivity contribution in [1.82, 2.24) is 9.88 Å². The van der Waals surface area contributed by atoms with Gasteiger partial charge >= 0.3 is 0 Å². The lowest BCUT2D eigenvalue weighted by Crippen LogP contribution is -2.32. The van der Waals surface area contributed by atoms with Crippen LogP contribution < -0.4 is 0 Å². The van der Waals surface area contributed by atoms with E-state index in [1.54, 1.807) is 6.26 Å². The summed E-state index contributed by atoms with van der Waals surface area (Å²) in [5, 5.41) is 0.701. The lowest BCUT2D eigenvalue weighted by Gasteiger charge is -2.25. The van der Waals surface area contributed by atoms with Crippen LogP contribution in [0.3, 0.4) is 0 Å². The standard InChI is InChI=1S/C22H20F2N2O2/c1-26(13-19(23)24)22(27)20-16-8-2-3-10-18(16)25-21-14(6-4-9-17(20)21)12-15-7-5-11-28-15/h2-3,5,7-8,10-12,19H,4,6,9,13H2,1H3. The van der Waals surface area contributed by atoms with E-state index >= 15 is 0 Å². The molecule has 0 fully saturated rings. The molecule has 0 spiro atoms. The van der Waals surface area contributed by atoms with Crippen LogP contribution in [0.1, 0.15) is 40.2 Å². The molecular formula is C22H20F2N2O2. The van der Waals surface area contributed by atoms with Crippen molar-refractivity contribution in [1.29, 1.82) is 0 Å². The minimum Gasteiger partial charge on any atom is -0.465 e. The van der Waals surface area contributed by atoms with Crippen LogP contribution in [0.2, 0.25) is 0 Å². The Kier molecular flexibility index (Phi) is 4.94. The number of alkyl halides is 2. The minimum atomic E-state index is -2.58. The number of allylic oxidation sites excluding steroid dienone is 1. The average molecular weight is 382 g/mol. The van der Waals surface area contributed by atoms with Crippen molar-refractivity contribution in [3.8, 4) is 0 Å². The largest absolute Gasteiger partial charge is 0.465 e. The maximum atomic E-state index is 13.1. The van der Waals surface area contributed by atoms with Crippen LogP contribution in [0.4, 0.5) is 8.78 Å². The Morgan fingerprint density at radius 3 is 2.82 bits per heavy atom. The predicted octanol–water partition coefficient (Wildman–Crippen LogP) is 5.04. The van der Waals surface area contributed by atoms with E-state index < -0.39 is 18.9 Å². The molecule has 0 unspecified atom stereocenters. The van der Waals surface area contributed by atoms with Crippen molar-refractivity contribution in [3.05, 3.63) is 65.2 Å². The molecule has 2 aromatic heterocycles. The first kappa shape index (κ1) is 18.3. The Labute approximate surface area is 161 Å². The molecule has 144 valence electrons. The first-order valence-electron chi connectivity index (χ1n) is 9.24. The summed E-state index contributed by atoms with van der Waals surface area (Å²) in [6.07, 6.45) is 3.34. The molecule has 1 amide bonds. The van der Waals surface area contributed by atoms with E-state index in [4.69, 9.17) is 9.40 Å². The van der Waals surface area contributed by atoms with Gasteiger partial charge in [-0.15, -0.1) is 0 Å². The lowest BCUT2D eigenvalue weighted by molar-refractivity contribution is 0.0621. The molecule has 0 saturated carbocycles. The van der Waals surface area contributed by atoms with E-state index in [-0.39, 0.29) is 0 Å². The number of fused-ring (bicyclic) bond motifs is 2. The number of rotatable bonds is 4. The molecule has 0 radical (unpaired) electrons. The fraction of sp³-hybridized carbons (Fsp3) is 0.273. The number of carbonyl (C=O) groups is 1. The SMILES string of the molecule is CN(CC(F)F)C(=O)c1c2c(nc3ccccc13)C(=Cc1ccco1)CCC2. The van der Waals surface area contributed by atoms with E-state index in [9.17, 15) is 13.6 Å². The molecule has 1 aliphatic carbocycles. The zero-order valence-corrected chi connectivity index (χ0v) is 15.5. The number of amides is 1. The number of nitrogens with zero attached hydrogens (tertiary/aromatic N) is 2. The number of benzene rings is 1. The van der Waals surface area contributed by atoms with Crippen LogP contribution in [0, 0.1) is 0 Å². The Bertz CT molecular complexity index is 1040. The molecule has 1 aliphatic rings. The van der Waals surface area contributed by atoms with Gasteiger partial charge in [0.15, 0.2) is 0 Å². The second-order valence-corrected chi connectivity index (χ2v) is 6.95. The van der Waals surface area contributed by atoms with Gasteiger partial charge in [0.2, 0.25) is 0 Å². The van der Waals surface area contributed by atoms with Gasteiger partial charge in [0.1, 0.15) is 5.76 Å². The third-order valence-corrected chi connectivity index (χ3v) is 5.00. The summed E-state index contributed by atoms with van der Waals surface area (Å²) in [6, 6.07) is 11.1.